The van der Waals surface area contributed by atoms with Crippen LogP contribution in [0.25, 0.3) is 0 Å². The number of ether oxygens (including phenoxy) is 1. The van der Waals surface area contributed by atoms with E-state index in [-0.39, 0.29) is 35.4 Å². The van der Waals surface area contributed by atoms with Crippen LogP contribution in [0.3, 0.4) is 0 Å². The fraction of sp³-hybridized carbons (Fsp3) is 0.923. The lowest BCUT2D eigenvalue weighted by Gasteiger charge is -2.28. The summed E-state index contributed by atoms with van der Waals surface area (Å²) in [7, 11) is -1.25. The van der Waals surface area contributed by atoms with E-state index in [0.29, 0.717) is 19.6 Å². The van der Waals surface area contributed by atoms with E-state index in [0.717, 1.165) is 13.0 Å². The molecular formula is C13H24N2O4S. The van der Waals surface area contributed by atoms with Crippen LogP contribution in [-0.4, -0.2) is 69.6 Å². The highest BCUT2D eigenvalue weighted by molar-refractivity contribution is 7.91. The van der Waals surface area contributed by atoms with Crippen LogP contribution in [0.5, 0.6) is 0 Å². The van der Waals surface area contributed by atoms with Gasteiger partial charge in [-0.05, 0) is 19.4 Å². The number of hydrogen-bond acceptors (Lipinski definition) is 5. The molecule has 0 saturated carbocycles. The van der Waals surface area contributed by atoms with Gasteiger partial charge < -0.3 is 15.0 Å². The Bertz CT molecular complexity index is 451. The van der Waals surface area contributed by atoms with Crippen molar-refractivity contribution >= 4 is 15.7 Å². The van der Waals surface area contributed by atoms with E-state index >= 15 is 0 Å². The van der Waals surface area contributed by atoms with Crippen LogP contribution in [-0.2, 0) is 19.4 Å². The molecule has 2 aliphatic heterocycles. The van der Waals surface area contributed by atoms with Crippen molar-refractivity contribution in [2.75, 3.05) is 38.3 Å². The summed E-state index contributed by atoms with van der Waals surface area (Å²) in [6.45, 7) is 3.91. The SMILES string of the molecule is CCCNC1COCC1C(=O)N(C)C1CCS(=O)(=O)C1. The number of nitrogens with one attached hydrogen (secondary N) is 1. The molecule has 1 amide bonds. The molecule has 2 fully saturated rings. The summed E-state index contributed by atoms with van der Waals surface area (Å²) in [6.07, 6.45) is 1.55. The third-order valence-corrected chi connectivity index (χ3v) is 5.91. The van der Waals surface area contributed by atoms with Crippen molar-refractivity contribution in [1.82, 2.24) is 10.2 Å². The average Bonchev–Trinajstić information content (AvgIpc) is 3.00. The van der Waals surface area contributed by atoms with Gasteiger partial charge in [0.1, 0.15) is 0 Å². The van der Waals surface area contributed by atoms with E-state index in [4.69, 9.17) is 4.74 Å². The maximum absolute atomic E-state index is 12.5. The Morgan fingerprint density at radius 1 is 1.40 bits per heavy atom. The van der Waals surface area contributed by atoms with Gasteiger partial charge in [-0.1, -0.05) is 6.92 Å². The Morgan fingerprint density at radius 2 is 2.15 bits per heavy atom. The molecule has 0 aromatic carbocycles. The van der Waals surface area contributed by atoms with Crippen LogP contribution in [0.4, 0.5) is 0 Å². The Labute approximate surface area is 120 Å². The molecule has 3 unspecified atom stereocenters. The number of rotatable bonds is 5. The Hall–Kier alpha value is -0.660. The first kappa shape index (κ1) is 15.7. The molecule has 7 heteroatoms. The molecule has 3 atom stereocenters. The maximum Gasteiger partial charge on any atom is 0.229 e. The molecule has 2 aliphatic rings. The Balaban J connectivity index is 1.96. The minimum Gasteiger partial charge on any atom is -0.379 e. The zero-order valence-electron chi connectivity index (χ0n) is 12.2. The van der Waals surface area contributed by atoms with Crippen molar-refractivity contribution in [3.63, 3.8) is 0 Å². The van der Waals surface area contributed by atoms with Crippen molar-refractivity contribution in [3.8, 4) is 0 Å². The molecule has 2 saturated heterocycles. The molecule has 0 aromatic rings. The quantitative estimate of drug-likeness (QED) is 0.751. The predicted octanol–water partition coefficient (Wildman–Crippen LogP) is -0.353. The topological polar surface area (TPSA) is 75.7 Å². The first-order valence-corrected chi connectivity index (χ1v) is 9.05. The molecule has 0 aliphatic carbocycles. The summed E-state index contributed by atoms with van der Waals surface area (Å²) < 4.78 is 28.5. The van der Waals surface area contributed by atoms with Crippen LogP contribution >= 0.6 is 0 Å². The second-order valence-corrected chi connectivity index (χ2v) is 7.94. The van der Waals surface area contributed by atoms with Crippen LogP contribution < -0.4 is 5.32 Å². The largest absolute Gasteiger partial charge is 0.379 e. The lowest BCUT2D eigenvalue weighted by molar-refractivity contribution is -0.136. The second-order valence-electron chi connectivity index (χ2n) is 5.71. The fourth-order valence-electron chi connectivity index (χ4n) is 2.85. The van der Waals surface area contributed by atoms with Gasteiger partial charge in [-0.25, -0.2) is 8.42 Å². The zero-order valence-corrected chi connectivity index (χ0v) is 13.0. The van der Waals surface area contributed by atoms with E-state index in [1.807, 2.05) is 0 Å². The van der Waals surface area contributed by atoms with Gasteiger partial charge in [0.05, 0.1) is 30.6 Å². The molecule has 0 spiro atoms. The molecule has 2 rings (SSSR count). The predicted molar refractivity (Wildman–Crippen MR) is 76.2 cm³/mol. The van der Waals surface area contributed by atoms with Gasteiger partial charge in [-0.2, -0.15) is 0 Å². The highest BCUT2D eigenvalue weighted by Crippen LogP contribution is 2.22. The highest BCUT2D eigenvalue weighted by Gasteiger charge is 2.39. The lowest BCUT2D eigenvalue weighted by Crippen LogP contribution is -2.48. The van der Waals surface area contributed by atoms with Crippen molar-refractivity contribution in [2.24, 2.45) is 5.92 Å². The highest BCUT2D eigenvalue weighted by atomic mass is 32.2. The monoisotopic (exact) mass is 304 g/mol. The smallest absolute Gasteiger partial charge is 0.229 e. The van der Waals surface area contributed by atoms with Gasteiger partial charge in [0.2, 0.25) is 5.91 Å². The second kappa shape index (κ2) is 6.41. The Kier molecular flexibility index (Phi) is 5.04. The molecule has 2 heterocycles. The first-order chi connectivity index (χ1) is 9.44. The molecule has 0 aromatic heterocycles. The molecule has 116 valence electrons. The van der Waals surface area contributed by atoms with Crippen molar-refractivity contribution in [1.29, 1.82) is 0 Å². The molecule has 1 N–H and O–H groups in total. The maximum atomic E-state index is 12.5. The van der Waals surface area contributed by atoms with Crippen molar-refractivity contribution in [2.45, 2.75) is 31.8 Å². The third kappa shape index (κ3) is 3.51. The van der Waals surface area contributed by atoms with Crippen LogP contribution in [0, 0.1) is 5.92 Å². The minimum absolute atomic E-state index is 0.00166. The number of sulfone groups is 1. The van der Waals surface area contributed by atoms with Crippen LogP contribution in [0.15, 0.2) is 0 Å². The van der Waals surface area contributed by atoms with Gasteiger partial charge in [-0.15, -0.1) is 0 Å². The van der Waals surface area contributed by atoms with Crippen molar-refractivity contribution < 1.29 is 17.9 Å². The van der Waals surface area contributed by atoms with E-state index < -0.39 is 9.84 Å². The summed E-state index contributed by atoms with van der Waals surface area (Å²) in [5.41, 5.74) is 0. The van der Waals surface area contributed by atoms with Crippen molar-refractivity contribution in [3.05, 3.63) is 0 Å². The Morgan fingerprint density at radius 3 is 2.75 bits per heavy atom. The third-order valence-electron chi connectivity index (χ3n) is 4.16. The summed E-state index contributed by atoms with van der Waals surface area (Å²) >= 11 is 0. The average molecular weight is 304 g/mol. The summed E-state index contributed by atoms with van der Waals surface area (Å²) in [5.74, 6) is 0.0807. The number of amides is 1. The number of carbonyl (C=O) groups is 1. The van der Waals surface area contributed by atoms with Crippen LogP contribution in [0.2, 0.25) is 0 Å². The molecule has 0 radical (unpaired) electrons. The summed E-state index contributed by atoms with van der Waals surface area (Å²) in [5, 5.41) is 3.33. The van der Waals surface area contributed by atoms with Gasteiger partial charge in [0, 0.05) is 19.1 Å². The first-order valence-electron chi connectivity index (χ1n) is 7.23. The van der Waals surface area contributed by atoms with E-state index in [9.17, 15) is 13.2 Å². The van der Waals surface area contributed by atoms with Gasteiger partial charge in [0.25, 0.3) is 0 Å². The number of hydrogen-bond donors (Lipinski definition) is 1. The number of nitrogens with zero attached hydrogens (tertiary/aromatic N) is 1. The van der Waals surface area contributed by atoms with Gasteiger partial charge in [-0.3, -0.25) is 4.79 Å². The molecule has 20 heavy (non-hydrogen) atoms. The van der Waals surface area contributed by atoms with E-state index in [2.05, 4.69) is 12.2 Å². The normalized spacial score (nSPS) is 32.4. The van der Waals surface area contributed by atoms with Crippen LogP contribution in [0.1, 0.15) is 19.8 Å². The standard InChI is InChI=1S/C13H24N2O4S/c1-3-5-14-12-8-19-7-11(12)13(16)15(2)10-4-6-20(17,18)9-10/h10-12,14H,3-9H2,1-2H3. The zero-order chi connectivity index (χ0) is 14.8. The lowest BCUT2D eigenvalue weighted by atomic mass is 10.0. The minimum atomic E-state index is -2.97. The van der Waals surface area contributed by atoms with Gasteiger partial charge >= 0.3 is 0 Å². The molecule has 6 nitrogen and oxygen atoms in total. The van der Waals surface area contributed by atoms with E-state index in [1.54, 1.807) is 11.9 Å². The summed E-state index contributed by atoms with van der Waals surface area (Å²) in [6, 6.07) is -0.136. The summed E-state index contributed by atoms with van der Waals surface area (Å²) in [4.78, 5) is 14.1. The fourth-order valence-corrected chi connectivity index (χ4v) is 4.63. The number of carbonyl (C=O) groups excluding carboxylic acids is 1. The molecule has 0 bridgehead atoms. The van der Waals surface area contributed by atoms with E-state index in [1.165, 1.54) is 0 Å². The molecular weight excluding hydrogens is 280 g/mol. The van der Waals surface area contributed by atoms with Gasteiger partial charge in [0.15, 0.2) is 9.84 Å².